The number of nitrogens with zero attached hydrogens (tertiary/aromatic N) is 1. The van der Waals surface area contributed by atoms with Crippen molar-refractivity contribution in [2.45, 2.75) is 6.92 Å². The Hall–Kier alpha value is -1.58. The van der Waals surface area contributed by atoms with Crippen LogP contribution in [-0.2, 0) is 4.79 Å². The molecule has 0 aliphatic rings. The summed E-state index contributed by atoms with van der Waals surface area (Å²) >= 11 is 0. The van der Waals surface area contributed by atoms with Crippen molar-refractivity contribution in [3.05, 3.63) is 29.8 Å². The molecule has 0 amide bonds. The average Bonchev–Trinajstić information content (AvgIpc) is 2.17. The highest BCUT2D eigenvalue weighted by Crippen LogP contribution is 2.04. The summed E-state index contributed by atoms with van der Waals surface area (Å²) < 4.78 is 12.4. The molecular weight excluding hydrogens is 173 g/mol. The molecule has 0 radical (unpaired) electrons. The number of halogens is 1. The monoisotopic (exact) mass is 181 g/mol. The van der Waals surface area contributed by atoms with Crippen LogP contribution in [0.5, 0.6) is 0 Å². The number of ketones is 1. The van der Waals surface area contributed by atoms with E-state index in [1.807, 2.05) is 0 Å². The first-order valence-electron chi connectivity index (χ1n) is 3.76. The van der Waals surface area contributed by atoms with E-state index in [0.717, 1.165) is 12.3 Å². The Bertz CT molecular complexity index is 321. The van der Waals surface area contributed by atoms with Crippen LogP contribution in [0.25, 0.3) is 0 Å². The van der Waals surface area contributed by atoms with Gasteiger partial charge in [0.2, 0.25) is 0 Å². The van der Waals surface area contributed by atoms with Gasteiger partial charge in [-0.15, -0.1) is 0 Å². The first-order chi connectivity index (χ1) is 6.15. The van der Waals surface area contributed by atoms with E-state index >= 15 is 0 Å². The van der Waals surface area contributed by atoms with E-state index < -0.39 is 17.5 Å². The van der Waals surface area contributed by atoms with E-state index in [0.29, 0.717) is 6.29 Å². The number of Topliss-reactive ketones (excluding diaryl/α,β-unsaturated/α-hetero) is 1. The van der Waals surface area contributed by atoms with Crippen molar-refractivity contribution in [3.8, 4) is 0 Å². The molecule has 13 heavy (non-hydrogen) atoms. The van der Waals surface area contributed by atoms with Gasteiger partial charge in [-0.3, -0.25) is 9.78 Å². The predicted octanol–water partition coefficient (Wildman–Crippen LogP) is 1.24. The average molecular weight is 181 g/mol. The van der Waals surface area contributed by atoms with E-state index in [4.69, 9.17) is 0 Å². The van der Waals surface area contributed by atoms with E-state index in [9.17, 15) is 14.0 Å². The highest BCUT2D eigenvalue weighted by atomic mass is 19.1. The van der Waals surface area contributed by atoms with Crippen LogP contribution in [-0.4, -0.2) is 17.1 Å². The minimum atomic E-state index is -0.724. The minimum Gasteiger partial charge on any atom is -0.303 e. The number of aromatic nitrogens is 1. The van der Waals surface area contributed by atoms with Crippen molar-refractivity contribution in [2.75, 3.05) is 0 Å². The highest BCUT2D eigenvalue weighted by Gasteiger charge is 2.14. The molecule has 68 valence electrons. The summed E-state index contributed by atoms with van der Waals surface area (Å²) in [5.74, 6) is -1.62. The molecule has 4 heteroatoms. The van der Waals surface area contributed by atoms with Crippen molar-refractivity contribution in [3.63, 3.8) is 0 Å². The summed E-state index contributed by atoms with van der Waals surface area (Å²) in [5, 5.41) is 0. The molecule has 0 aliphatic carbocycles. The smallest absolute Gasteiger partial charge is 0.191 e. The maximum Gasteiger partial charge on any atom is 0.191 e. The molecule has 0 spiro atoms. The summed E-state index contributed by atoms with van der Waals surface area (Å²) in [6.45, 7) is 1.47. The van der Waals surface area contributed by atoms with Crippen molar-refractivity contribution >= 4 is 12.1 Å². The van der Waals surface area contributed by atoms with Crippen LogP contribution >= 0.6 is 0 Å². The van der Waals surface area contributed by atoms with Crippen LogP contribution in [0, 0.1) is 11.7 Å². The quantitative estimate of drug-likeness (QED) is 0.400. The van der Waals surface area contributed by atoms with Gasteiger partial charge < -0.3 is 4.79 Å². The van der Waals surface area contributed by atoms with Crippen LogP contribution in [0.4, 0.5) is 4.39 Å². The zero-order valence-corrected chi connectivity index (χ0v) is 7.03. The Morgan fingerprint density at radius 2 is 2.31 bits per heavy atom. The van der Waals surface area contributed by atoms with Crippen molar-refractivity contribution in [1.29, 1.82) is 0 Å². The maximum absolute atomic E-state index is 12.4. The number of carbonyl (C=O) groups excluding carboxylic acids is 2. The van der Waals surface area contributed by atoms with Crippen LogP contribution < -0.4 is 0 Å². The molecule has 1 aromatic rings. The number of pyridine rings is 1. The molecule has 1 heterocycles. The molecular formula is C9H8FNO2. The standard InChI is InChI=1S/C9H8FNO2/c1-6(5-12)9(13)8-3-2-7(10)4-11-8/h2-6H,1H3. The van der Waals surface area contributed by atoms with Crippen molar-refractivity contribution in [1.82, 2.24) is 4.98 Å². The fourth-order valence-electron chi connectivity index (χ4n) is 0.817. The van der Waals surface area contributed by atoms with E-state index in [1.165, 1.54) is 13.0 Å². The third kappa shape index (κ3) is 2.18. The van der Waals surface area contributed by atoms with Crippen LogP contribution in [0.1, 0.15) is 17.4 Å². The molecule has 0 aromatic carbocycles. The van der Waals surface area contributed by atoms with E-state index in [-0.39, 0.29) is 5.69 Å². The Labute approximate surface area is 74.6 Å². The molecule has 0 saturated heterocycles. The largest absolute Gasteiger partial charge is 0.303 e. The van der Waals surface area contributed by atoms with Gasteiger partial charge in [0, 0.05) is 0 Å². The van der Waals surface area contributed by atoms with Gasteiger partial charge in [-0.2, -0.15) is 0 Å². The molecule has 0 saturated carbocycles. The number of hydrogen-bond donors (Lipinski definition) is 0. The highest BCUT2D eigenvalue weighted by molar-refractivity contribution is 6.03. The van der Waals surface area contributed by atoms with Crippen molar-refractivity contribution in [2.24, 2.45) is 5.92 Å². The maximum atomic E-state index is 12.4. The number of hydrogen-bond acceptors (Lipinski definition) is 3. The lowest BCUT2D eigenvalue weighted by Crippen LogP contribution is -2.13. The number of aldehydes is 1. The summed E-state index contributed by atoms with van der Waals surface area (Å²) in [5.41, 5.74) is 0.112. The molecule has 0 aliphatic heterocycles. The van der Waals surface area contributed by atoms with Gasteiger partial charge in [0.05, 0.1) is 12.1 Å². The fourth-order valence-corrected chi connectivity index (χ4v) is 0.817. The second-order valence-corrected chi connectivity index (χ2v) is 2.65. The lowest BCUT2D eigenvalue weighted by Gasteiger charge is -2.00. The Kier molecular flexibility index (Phi) is 2.84. The van der Waals surface area contributed by atoms with E-state index in [1.54, 1.807) is 0 Å². The zero-order valence-electron chi connectivity index (χ0n) is 7.03. The van der Waals surface area contributed by atoms with Gasteiger partial charge in [-0.1, -0.05) is 0 Å². The first kappa shape index (κ1) is 9.51. The first-order valence-corrected chi connectivity index (χ1v) is 3.76. The summed E-state index contributed by atoms with van der Waals surface area (Å²) in [7, 11) is 0. The minimum absolute atomic E-state index is 0.112. The molecule has 1 atom stereocenters. The van der Waals surface area contributed by atoms with Gasteiger partial charge in [0.1, 0.15) is 17.8 Å². The van der Waals surface area contributed by atoms with Gasteiger partial charge in [0.15, 0.2) is 5.78 Å². The van der Waals surface area contributed by atoms with E-state index in [2.05, 4.69) is 4.98 Å². The van der Waals surface area contributed by atoms with Gasteiger partial charge in [0.25, 0.3) is 0 Å². The molecule has 0 bridgehead atoms. The normalized spacial score (nSPS) is 12.2. The Morgan fingerprint density at radius 3 is 2.77 bits per heavy atom. The summed E-state index contributed by atoms with van der Waals surface area (Å²) in [4.78, 5) is 25.1. The van der Waals surface area contributed by atoms with Crippen LogP contribution in [0.15, 0.2) is 18.3 Å². The van der Waals surface area contributed by atoms with Crippen LogP contribution in [0.2, 0.25) is 0 Å². The molecule has 1 unspecified atom stereocenters. The van der Waals surface area contributed by atoms with Crippen LogP contribution in [0.3, 0.4) is 0 Å². The molecule has 0 N–H and O–H groups in total. The zero-order chi connectivity index (χ0) is 9.84. The van der Waals surface area contributed by atoms with Gasteiger partial charge in [-0.25, -0.2) is 4.39 Å². The second kappa shape index (κ2) is 3.89. The summed E-state index contributed by atoms with van der Waals surface area (Å²) in [6.07, 6.45) is 1.48. The lowest BCUT2D eigenvalue weighted by molar-refractivity contribution is -0.109. The molecule has 1 aromatic heterocycles. The Balaban J connectivity index is 2.89. The molecule has 0 fully saturated rings. The van der Waals surface area contributed by atoms with Crippen molar-refractivity contribution < 1.29 is 14.0 Å². The number of carbonyl (C=O) groups is 2. The SMILES string of the molecule is CC(C=O)C(=O)c1ccc(F)cn1. The van der Waals surface area contributed by atoms with Gasteiger partial charge >= 0.3 is 0 Å². The third-order valence-electron chi connectivity index (χ3n) is 1.60. The number of rotatable bonds is 3. The van der Waals surface area contributed by atoms with Gasteiger partial charge in [-0.05, 0) is 19.1 Å². The third-order valence-corrected chi connectivity index (χ3v) is 1.60. The summed E-state index contributed by atoms with van der Waals surface area (Å²) in [6, 6.07) is 2.40. The lowest BCUT2D eigenvalue weighted by atomic mass is 10.1. The predicted molar refractivity (Wildman–Crippen MR) is 43.8 cm³/mol. The fraction of sp³-hybridized carbons (Fsp3) is 0.222. The topological polar surface area (TPSA) is 47.0 Å². The molecule has 1 rings (SSSR count). The molecule has 3 nitrogen and oxygen atoms in total. The second-order valence-electron chi connectivity index (χ2n) is 2.65. The Morgan fingerprint density at radius 1 is 1.62 bits per heavy atom.